The zero-order valence-corrected chi connectivity index (χ0v) is 12.7. The molecule has 106 valence electrons. The molecule has 1 aromatic carbocycles. The minimum Gasteiger partial charge on any atom is -0.236 e. The largest absolute Gasteiger partial charge is 0.236 e. The molecule has 4 heteroatoms. The fourth-order valence-corrected chi connectivity index (χ4v) is 3.43. The molecule has 3 aromatic rings. The molecule has 0 radical (unpaired) electrons. The van der Waals surface area contributed by atoms with E-state index in [0.717, 1.165) is 40.3 Å². The van der Waals surface area contributed by atoms with Crippen molar-refractivity contribution in [2.24, 2.45) is 0 Å². The second kappa shape index (κ2) is 4.85. The van der Waals surface area contributed by atoms with Crippen LogP contribution in [0.1, 0.15) is 29.8 Å². The van der Waals surface area contributed by atoms with Gasteiger partial charge in [-0.3, -0.25) is 0 Å². The zero-order chi connectivity index (χ0) is 14.4. The summed E-state index contributed by atoms with van der Waals surface area (Å²) in [6, 6.07) is 7.91. The monoisotopic (exact) mass is 297 g/mol. The summed E-state index contributed by atoms with van der Waals surface area (Å²) in [5.41, 5.74) is 6.78. The van der Waals surface area contributed by atoms with E-state index in [4.69, 9.17) is 16.7 Å². The van der Waals surface area contributed by atoms with Crippen LogP contribution in [0.15, 0.2) is 30.5 Å². The van der Waals surface area contributed by atoms with E-state index in [-0.39, 0.29) is 0 Å². The van der Waals surface area contributed by atoms with Gasteiger partial charge in [0.2, 0.25) is 0 Å². The molecule has 0 amide bonds. The number of benzene rings is 1. The molecule has 0 N–H and O–H groups in total. The maximum Gasteiger partial charge on any atom is 0.163 e. The van der Waals surface area contributed by atoms with Gasteiger partial charge < -0.3 is 0 Å². The first-order chi connectivity index (χ1) is 10.2. The fourth-order valence-electron chi connectivity index (χ4n) is 3.24. The molecule has 4 rings (SSSR count). The minimum atomic E-state index is 0.740. The molecule has 3 nitrogen and oxygen atoms in total. The van der Waals surface area contributed by atoms with Gasteiger partial charge in [0.1, 0.15) is 0 Å². The molecule has 0 atom stereocenters. The average Bonchev–Trinajstić information content (AvgIpc) is 2.83. The van der Waals surface area contributed by atoms with Crippen molar-refractivity contribution in [2.75, 3.05) is 0 Å². The number of hydrogen-bond acceptors (Lipinski definition) is 2. The van der Waals surface area contributed by atoms with Crippen molar-refractivity contribution in [1.82, 2.24) is 14.6 Å². The SMILES string of the molecule is Cc1nn2c3c(cnc2c1-c1cccc(Cl)c1)CCCC3. The number of rotatable bonds is 1. The van der Waals surface area contributed by atoms with Crippen LogP contribution in [0.5, 0.6) is 0 Å². The van der Waals surface area contributed by atoms with E-state index in [9.17, 15) is 0 Å². The lowest BCUT2D eigenvalue weighted by Gasteiger charge is -2.15. The molecule has 2 heterocycles. The molecule has 1 aliphatic rings. The molecular weight excluding hydrogens is 282 g/mol. The molecule has 0 aliphatic heterocycles. The minimum absolute atomic E-state index is 0.740. The Balaban J connectivity index is 2.00. The molecule has 2 aromatic heterocycles. The molecule has 21 heavy (non-hydrogen) atoms. The summed E-state index contributed by atoms with van der Waals surface area (Å²) in [6.45, 7) is 2.04. The fraction of sp³-hybridized carbons (Fsp3) is 0.294. The quantitative estimate of drug-likeness (QED) is 0.672. The average molecular weight is 298 g/mol. The van der Waals surface area contributed by atoms with Crippen LogP contribution in [0.3, 0.4) is 0 Å². The molecule has 0 unspecified atom stereocenters. The smallest absolute Gasteiger partial charge is 0.163 e. The number of halogens is 1. The molecule has 0 bridgehead atoms. The van der Waals surface area contributed by atoms with Crippen LogP contribution in [-0.2, 0) is 12.8 Å². The number of nitrogens with zero attached hydrogens (tertiary/aromatic N) is 3. The lowest BCUT2D eigenvalue weighted by molar-refractivity contribution is 0.639. The second-order valence-electron chi connectivity index (χ2n) is 5.64. The topological polar surface area (TPSA) is 30.2 Å². The van der Waals surface area contributed by atoms with Crippen molar-refractivity contribution in [1.29, 1.82) is 0 Å². The Morgan fingerprint density at radius 1 is 1.19 bits per heavy atom. The van der Waals surface area contributed by atoms with Gasteiger partial charge in [0.05, 0.1) is 5.69 Å². The predicted molar refractivity (Wildman–Crippen MR) is 84.8 cm³/mol. The second-order valence-corrected chi connectivity index (χ2v) is 6.08. The van der Waals surface area contributed by atoms with Gasteiger partial charge in [0, 0.05) is 22.5 Å². The normalized spacial score (nSPS) is 14.4. The Bertz CT molecular complexity index is 835. The van der Waals surface area contributed by atoms with Gasteiger partial charge >= 0.3 is 0 Å². The van der Waals surface area contributed by atoms with Crippen LogP contribution in [0.4, 0.5) is 0 Å². The van der Waals surface area contributed by atoms with Gasteiger partial charge in [0.15, 0.2) is 5.65 Å². The summed E-state index contributed by atoms with van der Waals surface area (Å²) in [5, 5.41) is 5.48. The van der Waals surface area contributed by atoms with Crippen molar-refractivity contribution in [2.45, 2.75) is 32.6 Å². The standard InChI is InChI=1S/C17H16ClN3/c1-11-16(12-6-4-7-14(18)9-12)17-19-10-13-5-2-3-8-15(13)21(17)20-11/h4,6-7,9-10H,2-3,5,8H2,1H3. The van der Waals surface area contributed by atoms with E-state index in [2.05, 4.69) is 11.1 Å². The highest BCUT2D eigenvalue weighted by Crippen LogP contribution is 2.31. The molecule has 0 fully saturated rings. The van der Waals surface area contributed by atoms with E-state index in [1.54, 1.807) is 0 Å². The zero-order valence-electron chi connectivity index (χ0n) is 11.9. The van der Waals surface area contributed by atoms with Gasteiger partial charge in [-0.25, -0.2) is 9.50 Å². The number of hydrogen-bond donors (Lipinski definition) is 0. The van der Waals surface area contributed by atoms with Crippen LogP contribution >= 0.6 is 11.6 Å². The predicted octanol–water partition coefficient (Wildman–Crippen LogP) is 4.24. The summed E-state index contributed by atoms with van der Waals surface area (Å²) in [5.74, 6) is 0. The lowest BCUT2D eigenvalue weighted by atomic mass is 9.97. The number of fused-ring (bicyclic) bond motifs is 3. The maximum absolute atomic E-state index is 6.13. The van der Waals surface area contributed by atoms with E-state index < -0.39 is 0 Å². The van der Waals surface area contributed by atoms with Crippen LogP contribution in [0.2, 0.25) is 5.02 Å². The van der Waals surface area contributed by atoms with E-state index in [1.165, 1.54) is 24.1 Å². The molecule has 0 saturated heterocycles. The Morgan fingerprint density at radius 2 is 2.05 bits per heavy atom. The summed E-state index contributed by atoms with van der Waals surface area (Å²) in [4.78, 5) is 4.68. The summed E-state index contributed by atoms with van der Waals surface area (Å²) >= 11 is 6.13. The Hall–Kier alpha value is -1.87. The Kier molecular flexibility index (Phi) is 2.96. The van der Waals surface area contributed by atoms with Crippen molar-refractivity contribution < 1.29 is 0 Å². The maximum atomic E-state index is 6.13. The Labute approximate surface area is 128 Å². The highest BCUT2D eigenvalue weighted by atomic mass is 35.5. The summed E-state index contributed by atoms with van der Waals surface area (Å²) < 4.78 is 2.04. The van der Waals surface area contributed by atoms with Gasteiger partial charge in [-0.05, 0) is 55.9 Å². The highest BCUT2D eigenvalue weighted by molar-refractivity contribution is 6.30. The van der Waals surface area contributed by atoms with Crippen LogP contribution in [0, 0.1) is 6.92 Å². The third-order valence-corrected chi connectivity index (χ3v) is 4.46. The van der Waals surface area contributed by atoms with Gasteiger partial charge in [-0.15, -0.1) is 0 Å². The van der Waals surface area contributed by atoms with Crippen molar-refractivity contribution in [3.05, 3.63) is 52.4 Å². The molecule has 0 saturated carbocycles. The van der Waals surface area contributed by atoms with Gasteiger partial charge in [-0.2, -0.15) is 5.10 Å². The first kappa shape index (κ1) is 12.8. The van der Waals surface area contributed by atoms with Gasteiger partial charge in [-0.1, -0.05) is 23.7 Å². The highest BCUT2D eigenvalue weighted by Gasteiger charge is 2.19. The first-order valence-electron chi connectivity index (χ1n) is 7.36. The van der Waals surface area contributed by atoms with Crippen molar-refractivity contribution in [3.63, 3.8) is 0 Å². The third kappa shape index (κ3) is 2.04. The van der Waals surface area contributed by atoms with Crippen LogP contribution < -0.4 is 0 Å². The van der Waals surface area contributed by atoms with E-state index in [1.807, 2.05) is 35.8 Å². The lowest BCUT2D eigenvalue weighted by Crippen LogP contribution is -2.10. The van der Waals surface area contributed by atoms with Crippen molar-refractivity contribution >= 4 is 17.2 Å². The third-order valence-electron chi connectivity index (χ3n) is 4.23. The summed E-state index contributed by atoms with van der Waals surface area (Å²) in [7, 11) is 0. The molecule has 1 aliphatic carbocycles. The van der Waals surface area contributed by atoms with E-state index in [0.29, 0.717) is 0 Å². The first-order valence-corrected chi connectivity index (χ1v) is 7.74. The number of aromatic nitrogens is 3. The van der Waals surface area contributed by atoms with Crippen LogP contribution in [-0.4, -0.2) is 14.6 Å². The molecular formula is C17H16ClN3. The Morgan fingerprint density at radius 3 is 2.90 bits per heavy atom. The molecule has 0 spiro atoms. The number of aryl methyl sites for hydroxylation is 3. The summed E-state index contributed by atoms with van der Waals surface area (Å²) in [6.07, 6.45) is 6.71. The van der Waals surface area contributed by atoms with Crippen LogP contribution in [0.25, 0.3) is 16.8 Å². The van der Waals surface area contributed by atoms with E-state index >= 15 is 0 Å². The van der Waals surface area contributed by atoms with Crippen molar-refractivity contribution in [3.8, 4) is 11.1 Å². The van der Waals surface area contributed by atoms with Gasteiger partial charge in [0.25, 0.3) is 0 Å².